The van der Waals surface area contributed by atoms with Crippen LogP contribution in [0.3, 0.4) is 0 Å². The summed E-state index contributed by atoms with van der Waals surface area (Å²) in [5.74, 6) is -1.28. The summed E-state index contributed by atoms with van der Waals surface area (Å²) in [5.41, 5.74) is -0.488. The Hall–Kier alpha value is -2.51. The summed E-state index contributed by atoms with van der Waals surface area (Å²) >= 11 is 0. The fraction of sp³-hybridized carbons (Fsp3) is 0.667. The minimum Gasteiger partial charge on any atom is -0.458 e. The van der Waals surface area contributed by atoms with E-state index >= 15 is 0 Å². The van der Waals surface area contributed by atoms with Crippen molar-refractivity contribution in [2.75, 3.05) is 0 Å². The van der Waals surface area contributed by atoms with Crippen LogP contribution in [0.2, 0.25) is 0 Å². The first-order chi connectivity index (χ1) is 13.7. The van der Waals surface area contributed by atoms with Crippen molar-refractivity contribution in [1.29, 1.82) is 0 Å². The van der Waals surface area contributed by atoms with Crippen LogP contribution in [-0.2, 0) is 14.3 Å². The molecule has 8 heteroatoms. The molecule has 0 aromatic carbocycles. The highest BCUT2D eigenvalue weighted by atomic mass is 16.6. The number of esters is 1. The molecule has 0 spiro atoms. The molecule has 1 aliphatic carbocycles. The van der Waals surface area contributed by atoms with Gasteiger partial charge < -0.3 is 15.4 Å². The lowest BCUT2D eigenvalue weighted by atomic mass is 9.83. The maximum Gasteiger partial charge on any atom is 0.329 e. The van der Waals surface area contributed by atoms with Crippen LogP contribution in [0.15, 0.2) is 18.6 Å². The van der Waals surface area contributed by atoms with Gasteiger partial charge in [-0.15, -0.1) is 0 Å². The number of carbonyl (C=O) groups excluding carboxylic acids is 3. The Labute approximate surface area is 172 Å². The van der Waals surface area contributed by atoms with Gasteiger partial charge >= 0.3 is 5.97 Å². The molecule has 160 valence electrons. The molecule has 2 unspecified atom stereocenters. The van der Waals surface area contributed by atoms with Crippen molar-refractivity contribution in [3.8, 4) is 0 Å². The highest BCUT2D eigenvalue weighted by Gasteiger charge is 2.34. The third kappa shape index (κ3) is 7.11. The smallest absolute Gasteiger partial charge is 0.329 e. The molecule has 1 heterocycles. The summed E-state index contributed by atoms with van der Waals surface area (Å²) in [5, 5.41) is 5.59. The van der Waals surface area contributed by atoms with E-state index in [-0.39, 0.29) is 17.5 Å². The molecule has 1 saturated carbocycles. The van der Waals surface area contributed by atoms with Crippen LogP contribution in [0.1, 0.15) is 76.7 Å². The molecule has 1 aromatic rings. The van der Waals surface area contributed by atoms with E-state index in [0.29, 0.717) is 6.42 Å². The highest BCUT2D eigenvalue weighted by Crippen LogP contribution is 2.27. The Morgan fingerprint density at radius 3 is 2.38 bits per heavy atom. The Morgan fingerprint density at radius 1 is 1.14 bits per heavy atom. The van der Waals surface area contributed by atoms with Gasteiger partial charge in [0, 0.05) is 12.4 Å². The van der Waals surface area contributed by atoms with Gasteiger partial charge in [-0.05, 0) is 46.0 Å². The molecule has 29 heavy (non-hydrogen) atoms. The predicted octanol–water partition coefficient (Wildman–Crippen LogP) is 2.39. The first-order valence-corrected chi connectivity index (χ1v) is 10.3. The number of carbonyl (C=O) groups is 3. The van der Waals surface area contributed by atoms with E-state index in [1.165, 1.54) is 18.6 Å². The third-order valence-corrected chi connectivity index (χ3v) is 4.90. The lowest BCUT2D eigenvalue weighted by Gasteiger charge is -2.31. The molecule has 2 amide bonds. The van der Waals surface area contributed by atoms with Gasteiger partial charge in [-0.2, -0.15) is 0 Å². The first-order valence-electron chi connectivity index (χ1n) is 10.3. The van der Waals surface area contributed by atoms with E-state index in [1.807, 2.05) is 6.92 Å². The number of nitrogens with one attached hydrogen (secondary N) is 2. The number of nitrogens with zero attached hydrogens (tertiary/aromatic N) is 2. The Morgan fingerprint density at radius 2 is 1.83 bits per heavy atom. The number of hydrogen-bond donors (Lipinski definition) is 2. The second kappa shape index (κ2) is 10.3. The molecule has 2 N–H and O–H groups in total. The summed E-state index contributed by atoms with van der Waals surface area (Å²) in [4.78, 5) is 46.0. The van der Waals surface area contributed by atoms with Gasteiger partial charge in [0.1, 0.15) is 23.4 Å². The second-order valence-electron chi connectivity index (χ2n) is 8.44. The highest BCUT2D eigenvalue weighted by molar-refractivity contribution is 5.96. The molecule has 1 fully saturated rings. The largest absolute Gasteiger partial charge is 0.458 e. The van der Waals surface area contributed by atoms with Crippen molar-refractivity contribution in [3.05, 3.63) is 24.3 Å². The molecule has 1 aromatic heterocycles. The normalized spacial score (nSPS) is 17.1. The van der Waals surface area contributed by atoms with Gasteiger partial charge in [0.15, 0.2) is 0 Å². The van der Waals surface area contributed by atoms with E-state index in [2.05, 4.69) is 20.6 Å². The number of ether oxygens (including phenoxy) is 1. The molecule has 2 atom stereocenters. The molecule has 0 radical (unpaired) electrons. The standard InChI is InChI=1S/C21H32N4O4/c1-5-15(20(28)29-21(2,3)4)24-19(27)17(14-9-7-6-8-10-14)25-18(26)16-13-22-11-12-23-16/h11-15,17H,5-10H2,1-4H3,(H,24,27)(H,25,26). The SMILES string of the molecule is CCC(NC(=O)C(NC(=O)c1cnccn1)C1CCCCC1)C(=O)OC(C)(C)C. The Kier molecular flexibility index (Phi) is 8.10. The third-order valence-electron chi connectivity index (χ3n) is 4.90. The van der Waals surface area contributed by atoms with Crippen molar-refractivity contribution in [3.63, 3.8) is 0 Å². The zero-order valence-electron chi connectivity index (χ0n) is 17.7. The van der Waals surface area contributed by atoms with Crippen molar-refractivity contribution < 1.29 is 19.1 Å². The molecule has 0 bridgehead atoms. The number of amides is 2. The molecule has 0 aliphatic heterocycles. The summed E-state index contributed by atoms with van der Waals surface area (Å²) < 4.78 is 5.41. The van der Waals surface area contributed by atoms with Crippen molar-refractivity contribution in [1.82, 2.24) is 20.6 Å². The summed E-state index contributed by atoms with van der Waals surface area (Å²) in [6.07, 6.45) is 9.52. The number of aromatic nitrogens is 2. The van der Waals surface area contributed by atoms with E-state index < -0.39 is 29.6 Å². The topological polar surface area (TPSA) is 110 Å². The van der Waals surface area contributed by atoms with Crippen LogP contribution in [0.25, 0.3) is 0 Å². The second-order valence-corrected chi connectivity index (χ2v) is 8.44. The molecular weight excluding hydrogens is 372 g/mol. The van der Waals surface area contributed by atoms with Crippen LogP contribution in [0.4, 0.5) is 0 Å². The van der Waals surface area contributed by atoms with Gasteiger partial charge in [0.05, 0.1) is 6.20 Å². The fourth-order valence-electron chi connectivity index (χ4n) is 3.46. The average molecular weight is 405 g/mol. The lowest BCUT2D eigenvalue weighted by Crippen LogP contribution is -2.55. The first kappa shape index (κ1) is 22.8. The van der Waals surface area contributed by atoms with E-state index in [0.717, 1.165) is 32.1 Å². The molecular formula is C21H32N4O4. The van der Waals surface area contributed by atoms with Crippen LogP contribution in [-0.4, -0.2) is 45.4 Å². The van der Waals surface area contributed by atoms with E-state index in [4.69, 9.17) is 4.74 Å². The van der Waals surface area contributed by atoms with Crippen LogP contribution < -0.4 is 10.6 Å². The monoisotopic (exact) mass is 404 g/mol. The summed E-state index contributed by atoms with van der Waals surface area (Å²) in [7, 11) is 0. The minimum atomic E-state index is -0.763. The minimum absolute atomic E-state index is 0.0144. The quantitative estimate of drug-likeness (QED) is 0.675. The van der Waals surface area contributed by atoms with Crippen LogP contribution in [0.5, 0.6) is 0 Å². The van der Waals surface area contributed by atoms with Gasteiger partial charge in [0.25, 0.3) is 5.91 Å². The zero-order chi connectivity index (χ0) is 21.4. The number of hydrogen-bond acceptors (Lipinski definition) is 6. The van der Waals surface area contributed by atoms with Crippen molar-refractivity contribution >= 4 is 17.8 Å². The molecule has 1 aliphatic rings. The fourth-order valence-corrected chi connectivity index (χ4v) is 3.46. The Balaban J connectivity index is 2.13. The summed E-state index contributed by atoms with van der Waals surface area (Å²) in [6, 6.07) is -1.50. The van der Waals surface area contributed by atoms with Crippen molar-refractivity contribution in [2.45, 2.75) is 83.9 Å². The lowest BCUT2D eigenvalue weighted by molar-refractivity contribution is -0.159. The molecule has 0 saturated heterocycles. The van der Waals surface area contributed by atoms with Crippen molar-refractivity contribution in [2.24, 2.45) is 5.92 Å². The molecule has 8 nitrogen and oxygen atoms in total. The maximum absolute atomic E-state index is 13.1. The van der Waals surface area contributed by atoms with Gasteiger partial charge in [-0.3, -0.25) is 14.6 Å². The van der Waals surface area contributed by atoms with Gasteiger partial charge in [0.2, 0.25) is 5.91 Å². The average Bonchev–Trinajstić information content (AvgIpc) is 2.69. The predicted molar refractivity (Wildman–Crippen MR) is 108 cm³/mol. The maximum atomic E-state index is 13.1. The van der Waals surface area contributed by atoms with E-state index in [9.17, 15) is 14.4 Å². The van der Waals surface area contributed by atoms with Gasteiger partial charge in [-0.25, -0.2) is 9.78 Å². The summed E-state index contributed by atoms with van der Waals surface area (Å²) in [6.45, 7) is 7.16. The number of rotatable bonds is 7. The van der Waals surface area contributed by atoms with Crippen LogP contribution >= 0.6 is 0 Å². The molecule has 2 rings (SSSR count). The zero-order valence-corrected chi connectivity index (χ0v) is 17.7. The van der Waals surface area contributed by atoms with E-state index in [1.54, 1.807) is 20.8 Å². The van der Waals surface area contributed by atoms with Gasteiger partial charge in [-0.1, -0.05) is 26.2 Å². The van der Waals surface area contributed by atoms with Crippen LogP contribution in [0, 0.1) is 5.92 Å². The Bertz CT molecular complexity index is 696.